The highest BCUT2D eigenvalue weighted by atomic mass is 32.2. The normalized spacial score (nSPS) is 16.7. The maximum atomic E-state index is 12.1. The highest BCUT2D eigenvalue weighted by Crippen LogP contribution is 2.32. The van der Waals surface area contributed by atoms with Crippen LogP contribution in [0.15, 0.2) is 10.4 Å². The molecule has 1 aliphatic rings. The second kappa shape index (κ2) is 10.0. The first kappa shape index (κ1) is 19.2. The van der Waals surface area contributed by atoms with Gasteiger partial charge in [-0.1, -0.05) is 50.4 Å². The van der Waals surface area contributed by atoms with Gasteiger partial charge in [0.2, 0.25) is 5.91 Å². The van der Waals surface area contributed by atoms with E-state index in [-0.39, 0.29) is 12.3 Å². The van der Waals surface area contributed by atoms with E-state index in [1.165, 1.54) is 55.2 Å². The molecule has 1 heterocycles. The lowest BCUT2D eigenvalue weighted by atomic mass is 9.79. The van der Waals surface area contributed by atoms with Gasteiger partial charge in [-0.3, -0.25) is 9.59 Å². The zero-order valence-corrected chi connectivity index (χ0v) is 15.8. The number of hydrogen-bond acceptors (Lipinski definition) is 5. The minimum Gasteiger partial charge on any atom is -0.481 e. The topological polar surface area (TPSA) is 79.3 Å². The summed E-state index contributed by atoms with van der Waals surface area (Å²) < 4.78 is 0.933. The van der Waals surface area contributed by atoms with Crippen LogP contribution in [0.5, 0.6) is 0 Å². The van der Waals surface area contributed by atoms with Gasteiger partial charge in [0, 0.05) is 12.2 Å². The Bertz CT molecular complexity index is 542. The number of thiazole rings is 1. The summed E-state index contributed by atoms with van der Waals surface area (Å²) in [5, 5.41) is 12.1. The molecule has 1 atom stereocenters. The van der Waals surface area contributed by atoms with Crippen LogP contribution in [-0.4, -0.2) is 27.7 Å². The Morgan fingerprint density at radius 1 is 1.38 bits per heavy atom. The summed E-state index contributed by atoms with van der Waals surface area (Å²) in [7, 11) is 0. The first-order valence-electron chi connectivity index (χ1n) is 8.65. The highest BCUT2D eigenvalue weighted by Gasteiger charge is 2.20. The largest absolute Gasteiger partial charge is 0.481 e. The molecule has 0 radical (unpaired) electrons. The molecule has 0 spiro atoms. The van der Waals surface area contributed by atoms with Crippen LogP contribution in [0.1, 0.15) is 58.3 Å². The maximum absolute atomic E-state index is 12.1. The molecule has 1 fully saturated rings. The molecule has 0 saturated heterocycles. The number of rotatable bonds is 9. The first-order chi connectivity index (χ1) is 11.5. The van der Waals surface area contributed by atoms with Gasteiger partial charge in [-0.25, -0.2) is 4.98 Å². The minimum atomic E-state index is -0.798. The van der Waals surface area contributed by atoms with Gasteiger partial charge in [0.05, 0.1) is 16.8 Å². The van der Waals surface area contributed by atoms with E-state index < -0.39 is 5.97 Å². The molecule has 0 aromatic carbocycles. The number of hydrogen-bond donors (Lipinski definition) is 2. The van der Waals surface area contributed by atoms with Gasteiger partial charge in [-0.2, -0.15) is 0 Å². The van der Waals surface area contributed by atoms with Crippen LogP contribution in [0.3, 0.4) is 0 Å². The summed E-state index contributed by atoms with van der Waals surface area (Å²) in [6.07, 6.45) is 9.95. The van der Waals surface area contributed by atoms with Crippen molar-refractivity contribution in [2.45, 2.75) is 62.5 Å². The molecule has 2 rings (SSSR count). The van der Waals surface area contributed by atoms with Crippen LogP contribution in [0, 0.1) is 11.8 Å². The van der Waals surface area contributed by atoms with E-state index >= 15 is 0 Å². The fourth-order valence-electron chi connectivity index (χ4n) is 3.10. The molecular formula is C17H26N2O3S2. The summed E-state index contributed by atoms with van der Waals surface area (Å²) in [5.41, 5.74) is 0. The number of carbonyl (C=O) groups is 2. The SMILES string of the molecule is CC(CCC(=O)Nc1ncc(SCCC(=O)O)s1)C1CCCCC1. The molecule has 0 bridgehead atoms. The monoisotopic (exact) mass is 370 g/mol. The zero-order chi connectivity index (χ0) is 17.4. The van der Waals surface area contributed by atoms with Crippen molar-refractivity contribution < 1.29 is 14.7 Å². The van der Waals surface area contributed by atoms with Gasteiger partial charge in [0.15, 0.2) is 5.13 Å². The summed E-state index contributed by atoms with van der Waals surface area (Å²) in [4.78, 5) is 26.8. The van der Waals surface area contributed by atoms with Gasteiger partial charge in [-0.15, -0.1) is 11.8 Å². The molecule has 7 heteroatoms. The number of amides is 1. The predicted octanol–water partition coefficient (Wildman–Crippen LogP) is 4.65. The third-order valence-corrected chi connectivity index (χ3v) is 6.68. The quantitative estimate of drug-likeness (QED) is 0.619. The molecule has 24 heavy (non-hydrogen) atoms. The number of carbonyl (C=O) groups excluding carboxylic acids is 1. The standard InChI is InChI=1S/C17H26N2O3S2/c1-12(13-5-3-2-4-6-13)7-8-14(20)19-17-18-11-16(24-17)23-10-9-15(21)22/h11-13H,2-10H2,1H3,(H,21,22)(H,18,19,20). The number of aliphatic carboxylic acids is 1. The Morgan fingerprint density at radius 2 is 2.12 bits per heavy atom. The van der Waals surface area contributed by atoms with E-state index in [4.69, 9.17) is 5.11 Å². The van der Waals surface area contributed by atoms with E-state index in [0.29, 0.717) is 23.2 Å². The van der Waals surface area contributed by atoms with Crippen molar-refractivity contribution in [3.8, 4) is 0 Å². The maximum Gasteiger partial charge on any atom is 0.304 e. The summed E-state index contributed by atoms with van der Waals surface area (Å²) in [6, 6.07) is 0. The van der Waals surface area contributed by atoms with E-state index in [1.54, 1.807) is 6.20 Å². The van der Waals surface area contributed by atoms with Crippen molar-refractivity contribution in [1.82, 2.24) is 4.98 Å². The summed E-state index contributed by atoms with van der Waals surface area (Å²) >= 11 is 2.86. The molecule has 1 saturated carbocycles. The lowest BCUT2D eigenvalue weighted by Crippen LogP contribution is -2.18. The number of carboxylic acids is 1. The van der Waals surface area contributed by atoms with Crippen molar-refractivity contribution in [2.75, 3.05) is 11.1 Å². The van der Waals surface area contributed by atoms with Crippen molar-refractivity contribution in [1.29, 1.82) is 0 Å². The zero-order valence-electron chi connectivity index (χ0n) is 14.1. The highest BCUT2D eigenvalue weighted by molar-refractivity contribution is 8.01. The number of nitrogens with zero attached hydrogens (tertiary/aromatic N) is 1. The Morgan fingerprint density at radius 3 is 2.83 bits per heavy atom. The van der Waals surface area contributed by atoms with Gasteiger partial charge in [0.1, 0.15) is 0 Å². The first-order valence-corrected chi connectivity index (χ1v) is 10.4. The summed E-state index contributed by atoms with van der Waals surface area (Å²) in [5.74, 6) is 1.13. The van der Waals surface area contributed by atoms with E-state index in [2.05, 4.69) is 17.2 Å². The number of carboxylic acid groups (broad SMARTS) is 1. The molecule has 1 amide bonds. The molecule has 5 nitrogen and oxygen atoms in total. The number of anilines is 1. The number of aromatic nitrogens is 1. The second-order valence-corrected chi connectivity index (χ2v) is 8.86. The minimum absolute atomic E-state index is 0.0223. The Balaban J connectivity index is 1.68. The van der Waals surface area contributed by atoms with Gasteiger partial charge < -0.3 is 10.4 Å². The Hall–Kier alpha value is -1.08. The van der Waals surface area contributed by atoms with E-state index in [1.807, 2.05) is 0 Å². The van der Waals surface area contributed by atoms with Gasteiger partial charge >= 0.3 is 5.97 Å². The van der Waals surface area contributed by atoms with Crippen LogP contribution in [0.25, 0.3) is 0 Å². The Labute approximate surface area is 151 Å². The average Bonchev–Trinajstić information content (AvgIpc) is 3.00. The van der Waals surface area contributed by atoms with Crippen molar-refractivity contribution >= 4 is 40.1 Å². The number of thioether (sulfide) groups is 1. The molecule has 2 N–H and O–H groups in total. The van der Waals surface area contributed by atoms with Crippen LogP contribution in [0.4, 0.5) is 5.13 Å². The number of nitrogens with one attached hydrogen (secondary N) is 1. The smallest absolute Gasteiger partial charge is 0.304 e. The average molecular weight is 371 g/mol. The Kier molecular flexibility index (Phi) is 8.05. The van der Waals surface area contributed by atoms with Crippen molar-refractivity contribution in [3.05, 3.63) is 6.20 Å². The molecule has 0 aliphatic heterocycles. The summed E-state index contributed by atoms with van der Waals surface area (Å²) in [6.45, 7) is 2.27. The van der Waals surface area contributed by atoms with Crippen LogP contribution in [0.2, 0.25) is 0 Å². The molecule has 1 aliphatic carbocycles. The third kappa shape index (κ3) is 6.81. The van der Waals surface area contributed by atoms with Gasteiger partial charge in [-0.05, 0) is 18.3 Å². The molecule has 1 aromatic rings. The lowest BCUT2D eigenvalue weighted by molar-refractivity contribution is -0.136. The molecule has 134 valence electrons. The molecular weight excluding hydrogens is 344 g/mol. The van der Waals surface area contributed by atoms with E-state index in [9.17, 15) is 9.59 Å². The molecule has 1 unspecified atom stereocenters. The molecule has 1 aromatic heterocycles. The van der Waals surface area contributed by atoms with Crippen LogP contribution < -0.4 is 5.32 Å². The lowest BCUT2D eigenvalue weighted by Gasteiger charge is -2.27. The van der Waals surface area contributed by atoms with E-state index in [0.717, 1.165) is 16.5 Å². The second-order valence-electron chi connectivity index (χ2n) is 6.44. The van der Waals surface area contributed by atoms with Crippen molar-refractivity contribution in [2.24, 2.45) is 11.8 Å². The fourth-order valence-corrected chi connectivity index (χ4v) is 5.00. The van der Waals surface area contributed by atoms with Crippen LogP contribution in [-0.2, 0) is 9.59 Å². The van der Waals surface area contributed by atoms with Crippen molar-refractivity contribution in [3.63, 3.8) is 0 Å². The predicted molar refractivity (Wildman–Crippen MR) is 98.7 cm³/mol. The van der Waals surface area contributed by atoms with Crippen LogP contribution >= 0.6 is 23.1 Å². The fraction of sp³-hybridized carbons (Fsp3) is 0.706. The third-order valence-electron chi connectivity index (χ3n) is 4.57. The van der Waals surface area contributed by atoms with Gasteiger partial charge in [0.25, 0.3) is 0 Å².